The van der Waals surface area contributed by atoms with Crippen LogP contribution in [0.15, 0.2) is 24.3 Å². The maximum absolute atomic E-state index is 10.7. The van der Waals surface area contributed by atoms with E-state index in [4.69, 9.17) is 0 Å². The summed E-state index contributed by atoms with van der Waals surface area (Å²) in [6.45, 7) is 4.47. The molecule has 0 aromatic heterocycles. The third-order valence-corrected chi connectivity index (χ3v) is 4.88. The highest BCUT2D eigenvalue weighted by atomic mass is 16.3. The predicted octanol–water partition coefficient (Wildman–Crippen LogP) is 5.15. The Morgan fingerprint density at radius 3 is 2.48 bits per heavy atom. The number of carbonyl (C=O) groups is 1. The number of aromatic hydroxyl groups is 1. The van der Waals surface area contributed by atoms with Gasteiger partial charge in [0.15, 0.2) is 0 Å². The summed E-state index contributed by atoms with van der Waals surface area (Å²) in [6, 6.07) is 7.96. The molecule has 2 saturated carbocycles. The Balaban J connectivity index is 0.000000203. The zero-order chi connectivity index (χ0) is 16.7. The first-order valence-electron chi connectivity index (χ1n) is 9.10. The van der Waals surface area contributed by atoms with Gasteiger partial charge in [0.2, 0.25) is 0 Å². The first kappa shape index (κ1) is 17.8. The average molecular weight is 317 g/mol. The topological polar surface area (TPSA) is 49.3 Å². The fourth-order valence-corrected chi connectivity index (χ4v) is 3.64. The molecule has 0 radical (unpaired) electrons. The lowest BCUT2D eigenvalue weighted by Gasteiger charge is -2.28. The van der Waals surface area contributed by atoms with Crippen molar-refractivity contribution in [2.75, 3.05) is 5.32 Å². The number of Topliss-reactive ketones (excluding diaryl/α,β-unsaturated/α-hetero) is 1. The molecule has 2 aliphatic rings. The number of phenolic OH excluding ortho intramolecular Hbond substituents is 1. The van der Waals surface area contributed by atoms with Crippen LogP contribution in [0.3, 0.4) is 0 Å². The van der Waals surface area contributed by atoms with Gasteiger partial charge in [-0.05, 0) is 49.7 Å². The fraction of sp³-hybridized carbons (Fsp3) is 0.650. The van der Waals surface area contributed by atoms with Crippen molar-refractivity contribution in [2.24, 2.45) is 11.8 Å². The van der Waals surface area contributed by atoms with Gasteiger partial charge in [-0.25, -0.2) is 0 Å². The number of ketones is 1. The van der Waals surface area contributed by atoms with Crippen LogP contribution in [-0.2, 0) is 4.79 Å². The van der Waals surface area contributed by atoms with Crippen LogP contribution in [0.5, 0.6) is 5.75 Å². The van der Waals surface area contributed by atoms with Crippen LogP contribution in [0.25, 0.3) is 0 Å². The number of anilines is 1. The lowest BCUT2D eigenvalue weighted by Crippen LogP contribution is -2.26. The molecule has 2 aliphatic carbocycles. The monoisotopic (exact) mass is 317 g/mol. The highest BCUT2D eigenvalue weighted by Crippen LogP contribution is 2.27. The van der Waals surface area contributed by atoms with Gasteiger partial charge in [-0.2, -0.15) is 0 Å². The second kappa shape index (κ2) is 8.95. The van der Waals surface area contributed by atoms with Crippen LogP contribution in [0.2, 0.25) is 0 Å². The highest BCUT2D eigenvalue weighted by molar-refractivity contribution is 5.79. The Kier molecular flexibility index (Phi) is 6.94. The van der Waals surface area contributed by atoms with Crippen molar-refractivity contribution < 1.29 is 9.90 Å². The van der Waals surface area contributed by atoms with E-state index in [1.165, 1.54) is 32.1 Å². The number of nitrogens with one attached hydrogen (secondary N) is 1. The van der Waals surface area contributed by atoms with E-state index in [-0.39, 0.29) is 0 Å². The molecule has 1 aromatic carbocycles. The fourth-order valence-electron chi connectivity index (χ4n) is 3.64. The molecule has 3 heteroatoms. The summed E-state index contributed by atoms with van der Waals surface area (Å²) >= 11 is 0. The summed E-state index contributed by atoms with van der Waals surface area (Å²) < 4.78 is 0. The van der Waals surface area contributed by atoms with Crippen molar-refractivity contribution in [3.63, 3.8) is 0 Å². The maximum atomic E-state index is 10.7. The van der Waals surface area contributed by atoms with E-state index < -0.39 is 0 Å². The van der Waals surface area contributed by atoms with Crippen molar-refractivity contribution in [1.29, 1.82) is 0 Å². The Bertz CT molecular complexity index is 500. The van der Waals surface area contributed by atoms with E-state index in [9.17, 15) is 9.90 Å². The second-order valence-electron chi connectivity index (χ2n) is 7.40. The zero-order valence-corrected chi connectivity index (χ0v) is 14.6. The molecule has 0 heterocycles. The quantitative estimate of drug-likeness (QED) is 0.793. The molecule has 2 fully saturated rings. The van der Waals surface area contributed by atoms with Crippen molar-refractivity contribution in [1.82, 2.24) is 0 Å². The standard InChI is InChI=1S/C13H19NO.C7H12O/c1-10-4-2-5-11(8-10)14-12-6-3-7-13(15)9-12;1-6-3-2-4-7(8)5-6/h3,6-7,9-11,14-15H,2,4-5,8H2,1H3;6H,2-5H2,1H3. The molecule has 3 unspecified atom stereocenters. The Hall–Kier alpha value is -1.51. The first-order chi connectivity index (χ1) is 11.0. The van der Waals surface area contributed by atoms with E-state index in [0.29, 0.717) is 23.5 Å². The molecule has 0 amide bonds. The Morgan fingerprint density at radius 2 is 1.87 bits per heavy atom. The molecule has 3 atom stereocenters. The molecular formula is C20H31NO2. The zero-order valence-electron chi connectivity index (χ0n) is 14.6. The van der Waals surface area contributed by atoms with Gasteiger partial charge in [-0.15, -0.1) is 0 Å². The van der Waals surface area contributed by atoms with Crippen LogP contribution in [0, 0.1) is 11.8 Å². The van der Waals surface area contributed by atoms with Crippen LogP contribution >= 0.6 is 0 Å². The highest BCUT2D eigenvalue weighted by Gasteiger charge is 2.18. The SMILES string of the molecule is CC1CCCC(=O)C1.CC1CCCC(Nc2cccc(O)c2)C1. The molecule has 0 saturated heterocycles. The van der Waals surface area contributed by atoms with Crippen molar-refractivity contribution in [2.45, 2.75) is 71.3 Å². The van der Waals surface area contributed by atoms with Crippen LogP contribution in [0.4, 0.5) is 5.69 Å². The minimum Gasteiger partial charge on any atom is -0.508 e. The Morgan fingerprint density at radius 1 is 1.09 bits per heavy atom. The largest absolute Gasteiger partial charge is 0.508 e. The van der Waals surface area contributed by atoms with Crippen molar-refractivity contribution in [3.8, 4) is 5.75 Å². The first-order valence-corrected chi connectivity index (χ1v) is 9.10. The van der Waals surface area contributed by atoms with Gasteiger partial charge in [-0.3, -0.25) is 4.79 Å². The van der Waals surface area contributed by atoms with E-state index in [2.05, 4.69) is 19.2 Å². The predicted molar refractivity (Wildman–Crippen MR) is 95.8 cm³/mol. The summed E-state index contributed by atoms with van der Waals surface area (Å²) in [6.07, 6.45) is 9.22. The summed E-state index contributed by atoms with van der Waals surface area (Å²) in [5.74, 6) is 2.29. The number of hydrogen-bond donors (Lipinski definition) is 2. The summed E-state index contributed by atoms with van der Waals surface area (Å²) in [5, 5.41) is 12.8. The number of phenols is 1. The molecule has 3 nitrogen and oxygen atoms in total. The molecule has 3 rings (SSSR count). The molecule has 0 spiro atoms. The van der Waals surface area contributed by atoms with Gasteiger partial charge >= 0.3 is 0 Å². The number of benzene rings is 1. The van der Waals surface area contributed by atoms with Crippen LogP contribution in [0.1, 0.15) is 65.2 Å². The van der Waals surface area contributed by atoms with Gasteiger partial charge < -0.3 is 10.4 Å². The average Bonchev–Trinajstić information content (AvgIpc) is 2.47. The van der Waals surface area contributed by atoms with Gasteiger partial charge in [0.05, 0.1) is 0 Å². The number of rotatable bonds is 2. The van der Waals surface area contributed by atoms with E-state index in [1.54, 1.807) is 12.1 Å². The molecule has 23 heavy (non-hydrogen) atoms. The number of carbonyl (C=O) groups excluding carboxylic acids is 1. The van der Waals surface area contributed by atoms with Crippen LogP contribution in [-0.4, -0.2) is 16.9 Å². The number of hydrogen-bond acceptors (Lipinski definition) is 3. The van der Waals surface area contributed by atoms with Crippen LogP contribution < -0.4 is 5.32 Å². The molecule has 1 aromatic rings. The molecule has 0 aliphatic heterocycles. The maximum Gasteiger partial charge on any atom is 0.133 e. The van der Waals surface area contributed by atoms with Gasteiger partial charge in [0.1, 0.15) is 11.5 Å². The molecule has 0 bridgehead atoms. The summed E-state index contributed by atoms with van der Waals surface area (Å²) in [5.41, 5.74) is 1.04. The van der Waals surface area contributed by atoms with E-state index >= 15 is 0 Å². The van der Waals surface area contributed by atoms with E-state index in [1.807, 2.05) is 12.1 Å². The smallest absolute Gasteiger partial charge is 0.133 e. The van der Waals surface area contributed by atoms with Crippen molar-refractivity contribution in [3.05, 3.63) is 24.3 Å². The summed E-state index contributed by atoms with van der Waals surface area (Å²) in [7, 11) is 0. The van der Waals surface area contributed by atoms with Gasteiger partial charge in [0.25, 0.3) is 0 Å². The minimum atomic E-state index is 0.337. The van der Waals surface area contributed by atoms with Crippen molar-refractivity contribution >= 4 is 11.5 Å². The summed E-state index contributed by atoms with van der Waals surface area (Å²) in [4.78, 5) is 10.7. The normalized spacial score (nSPS) is 27.7. The third-order valence-electron chi connectivity index (χ3n) is 4.88. The lowest BCUT2D eigenvalue weighted by atomic mass is 9.87. The van der Waals surface area contributed by atoms with E-state index in [0.717, 1.165) is 30.9 Å². The van der Waals surface area contributed by atoms with Gasteiger partial charge in [-0.1, -0.05) is 32.8 Å². The second-order valence-corrected chi connectivity index (χ2v) is 7.40. The lowest BCUT2D eigenvalue weighted by molar-refractivity contribution is -0.121. The molecular weight excluding hydrogens is 286 g/mol. The molecule has 2 N–H and O–H groups in total. The molecule has 128 valence electrons. The minimum absolute atomic E-state index is 0.337. The van der Waals surface area contributed by atoms with Gasteiger partial charge in [0, 0.05) is 30.6 Å². The third kappa shape index (κ3) is 6.64. The Labute approximate surface area is 140 Å².